The number of benzene rings is 2. The third-order valence-corrected chi connectivity index (χ3v) is 4.99. The van der Waals surface area contributed by atoms with Crippen molar-refractivity contribution in [2.45, 2.75) is 40.5 Å². The Hall–Kier alpha value is -2.73. The zero-order valence-corrected chi connectivity index (χ0v) is 18.6. The van der Waals surface area contributed by atoms with Crippen molar-refractivity contribution >= 4 is 23.4 Å². The molecule has 0 aromatic heterocycles. The third-order valence-electron chi connectivity index (χ3n) is 4.67. The van der Waals surface area contributed by atoms with E-state index in [4.69, 9.17) is 21.1 Å². The average molecular weight is 433 g/mol. The summed E-state index contributed by atoms with van der Waals surface area (Å²) in [5.74, 6) is 0.519. The predicted octanol–water partition coefficient (Wildman–Crippen LogP) is 4.37. The van der Waals surface area contributed by atoms with Gasteiger partial charge in [0.2, 0.25) is 5.91 Å². The molecule has 0 saturated heterocycles. The predicted molar refractivity (Wildman–Crippen MR) is 118 cm³/mol. The Kier molecular flexibility index (Phi) is 8.54. The minimum atomic E-state index is -0.665. The first-order valence-corrected chi connectivity index (χ1v) is 10.2. The van der Waals surface area contributed by atoms with E-state index in [0.29, 0.717) is 30.2 Å². The van der Waals surface area contributed by atoms with Crippen LogP contribution in [0.25, 0.3) is 0 Å². The van der Waals surface area contributed by atoms with E-state index in [1.54, 1.807) is 24.3 Å². The molecule has 0 radical (unpaired) electrons. The Labute approximate surface area is 182 Å². The highest BCUT2D eigenvalue weighted by molar-refractivity contribution is 6.32. The number of ether oxygens (including phenoxy) is 2. The highest BCUT2D eigenvalue weighted by Gasteiger charge is 2.27. The van der Waals surface area contributed by atoms with Gasteiger partial charge in [0.05, 0.1) is 11.6 Å². The number of amides is 2. The van der Waals surface area contributed by atoms with E-state index in [1.807, 2.05) is 45.9 Å². The highest BCUT2D eigenvalue weighted by Crippen LogP contribution is 2.24. The molecule has 7 heteroatoms. The first-order valence-electron chi connectivity index (χ1n) is 9.86. The number of carbonyl (C=O) groups excluding carboxylic acids is 2. The highest BCUT2D eigenvalue weighted by atomic mass is 35.5. The standard InChI is InChI=1S/C23H29ClN2O4/c1-16-10-11-17(2)20(14-16)29-13-7-12-23(3,4)22(28)26-25-21(27)15-30-19-9-6-5-8-18(19)24/h5-6,8-11,14H,7,12-13,15H2,1-4H3,(H,25,27)(H,26,28). The molecule has 30 heavy (non-hydrogen) atoms. The summed E-state index contributed by atoms with van der Waals surface area (Å²) in [5, 5.41) is 0.415. The topological polar surface area (TPSA) is 76.7 Å². The van der Waals surface area contributed by atoms with Crippen molar-refractivity contribution < 1.29 is 19.1 Å². The minimum absolute atomic E-state index is 0.256. The molecule has 0 unspecified atom stereocenters. The number of aryl methyl sites for hydroxylation is 2. The maximum absolute atomic E-state index is 12.4. The first-order chi connectivity index (χ1) is 14.2. The lowest BCUT2D eigenvalue weighted by Gasteiger charge is -2.23. The van der Waals surface area contributed by atoms with Gasteiger partial charge in [-0.1, -0.05) is 49.7 Å². The number of carbonyl (C=O) groups is 2. The number of para-hydroxylation sites is 1. The monoisotopic (exact) mass is 432 g/mol. The number of halogens is 1. The quantitative estimate of drug-likeness (QED) is 0.455. The maximum Gasteiger partial charge on any atom is 0.276 e. The SMILES string of the molecule is Cc1ccc(C)c(OCCCC(C)(C)C(=O)NNC(=O)COc2ccccc2Cl)c1. The Bertz CT molecular complexity index is 883. The van der Waals surface area contributed by atoms with Gasteiger partial charge >= 0.3 is 0 Å². The van der Waals surface area contributed by atoms with Gasteiger partial charge in [-0.05, 0) is 56.0 Å². The van der Waals surface area contributed by atoms with Gasteiger partial charge in [-0.3, -0.25) is 20.4 Å². The van der Waals surface area contributed by atoms with E-state index in [-0.39, 0.29) is 12.5 Å². The molecule has 0 atom stereocenters. The van der Waals surface area contributed by atoms with Crippen LogP contribution in [0.1, 0.15) is 37.8 Å². The first kappa shape index (κ1) is 23.5. The normalized spacial score (nSPS) is 11.0. The van der Waals surface area contributed by atoms with Crippen LogP contribution in [0.15, 0.2) is 42.5 Å². The van der Waals surface area contributed by atoms with Crippen molar-refractivity contribution in [1.82, 2.24) is 10.9 Å². The van der Waals surface area contributed by atoms with Gasteiger partial charge in [0.15, 0.2) is 6.61 Å². The lowest BCUT2D eigenvalue weighted by atomic mass is 9.87. The van der Waals surface area contributed by atoms with Crippen molar-refractivity contribution in [3.63, 3.8) is 0 Å². The zero-order chi connectivity index (χ0) is 22.1. The lowest BCUT2D eigenvalue weighted by molar-refractivity contribution is -0.135. The second-order valence-corrected chi connectivity index (χ2v) is 8.23. The fraction of sp³-hybridized carbons (Fsp3) is 0.391. The smallest absolute Gasteiger partial charge is 0.276 e. The Morgan fingerprint density at radius 1 is 1.00 bits per heavy atom. The van der Waals surface area contributed by atoms with Crippen molar-refractivity contribution in [2.24, 2.45) is 5.41 Å². The molecule has 2 rings (SSSR count). The summed E-state index contributed by atoms with van der Waals surface area (Å²) in [6.45, 7) is 7.93. The number of hydrazine groups is 1. The molecular formula is C23H29ClN2O4. The van der Waals surface area contributed by atoms with Gasteiger partial charge in [-0.2, -0.15) is 0 Å². The molecule has 0 saturated carbocycles. The van der Waals surface area contributed by atoms with Gasteiger partial charge in [-0.15, -0.1) is 0 Å². The maximum atomic E-state index is 12.4. The van der Waals surface area contributed by atoms with Crippen molar-refractivity contribution in [3.05, 3.63) is 58.6 Å². The number of nitrogens with one attached hydrogen (secondary N) is 2. The third kappa shape index (κ3) is 7.26. The van der Waals surface area contributed by atoms with Crippen LogP contribution < -0.4 is 20.3 Å². The largest absolute Gasteiger partial charge is 0.493 e. The zero-order valence-electron chi connectivity index (χ0n) is 17.9. The van der Waals surface area contributed by atoms with Gasteiger partial charge in [0.1, 0.15) is 11.5 Å². The fourth-order valence-corrected chi connectivity index (χ4v) is 2.90. The summed E-state index contributed by atoms with van der Waals surface area (Å²) in [4.78, 5) is 24.4. The van der Waals surface area contributed by atoms with Crippen molar-refractivity contribution in [3.8, 4) is 11.5 Å². The molecule has 2 aromatic carbocycles. The number of hydrogen-bond acceptors (Lipinski definition) is 4. The van der Waals surface area contributed by atoms with Crippen LogP contribution in [-0.4, -0.2) is 25.0 Å². The van der Waals surface area contributed by atoms with Crippen LogP contribution in [0.2, 0.25) is 5.02 Å². The molecule has 0 aliphatic heterocycles. The molecule has 2 N–H and O–H groups in total. The molecule has 0 heterocycles. The van der Waals surface area contributed by atoms with E-state index in [1.165, 1.54) is 0 Å². The molecule has 2 amide bonds. The van der Waals surface area contributed by atoms with Gasteiger partial charge < -0.3 is 9.47 Å². The van der Waals surface area contributed by atoms with Crippen molar-refractivity contribution in [1.29, 1.82) is 0 Å². The Balaban J connectivity index is 1.71. The Morgan fingerprint density at radius 2 is 1.73 bits per heavy atom. The van der Waals surface area contributed by atoms with Crippen LogP contribution in [0.4, 0.5) is 0 Å². The molecule has 0 aliphatic carbocycles. The van der Waals surface area contributed by atoms with Gasteiger partial charge in [0.25, 0.3) is 5.91 Å². The van der Waals surface area contributed by atoms with Gasteiger partial charge in [-0.25, -0.2) is 0 Å². The second kappa shape index (κ2) is 10.9. The summed E-state index contributed by atoms with van der Waals surface area (Å²) < 4.78 is 11.2. The van der Waals surface area contributed by atoms with Gasteiger partial charge in [0, 0.05) is 5.41 Å². The van der Waals surface area contributed by atoms with Crippen LogP contribution >= 0.6 is 11.6 Å². The molecule has 162 valence electrons. The van der Waals surface area contributed by atoms with Crippen LogP contribution in [-0.2, 0) is 9.59 Å². The summed E-state index contributed by atoms with van der Waals surface area (Å²) in [6.07, 6.45) is 1.31. The second-order valence-electron chi connectivity index (χ2n) is 7.83. The van der Waals surface area contributed by atoms with Crippen LogP contribution in [0.5, 0.6) is 11.5 Å². The van der Waals surface area contributed by atoms with Crippen LogP contribution in [0, 0.1) is 19.3 Å². The lowest BCUT2D eigenvalue weighted by Crippen LogP contribution is -2.49. The molecule has 0 bridgehead atoms. The molecular weight excluding hydrogens is 404 g/mol. The fourth-order valence-electron chi connectivity index (χ4n) is 2.71. The van der Waals surface area contributed by atoms with E-state index in [2.05, 4.69) is 10.9 Å². The van der Waals surface area contributed by atoms with E-state index >= 15 is 0 Å². The number of rotatable bonds is 9. The summed E-state index contributed by atoms with van der Waals surface area (Å²) in [6, 6.07) is 12.9. The average Bonchev–Trinajstić information content (AvgIpc) is 2.71. The van der Waals surface area contributed by atoms with Crippen LogP contribution in [0.3, 0.4) is 0 Å². The molecule has 0 aliphatic rings. The molecule has 2 aromatic rings. The molecule has 0 spiro atoms. The number of hydrogen-bond donors (Lipinski definition) is 2. The van der Waals surface area contributed by atoms with E-state index < -0.39 is 11.3 Å². The van der Waals surface area contributed by atoms with Crippen molar-refractivity contribution in [2.75, 3.05) is 13.2 Å². The van der Waals surface area contributed by atoms with E-state index in [0.717, 1.165) is 16.9 Å². The summed E-state index contributed by atoms with van der Waals surface area (Å²) in [5.41, 5.74) is 6.39. The summed E-state index contributed by atoms with van der Waals surface area (Å²) in [7, 11) is 0. The molecule has 0 fully saturated rings. The Morgan fingerprint density at radius 3 is 2.47 bits per heavy atom. The molecule has 6 nitrogen and oxygen atoms in total. The summed E-state index contributed by atoms with van der Waals surface area (Å²) >= 11 is 5.97. The minimum Gasteiger partial charge on any atom is -0.493 e. The van der Waals surface area contributed by atoms with E-state index in [9.17, 15) is 9.59 Å².